The van der Waals surface area contributed by atoms with Crippen molar-refractivity contribution in [3.05, 3.63) is 24.4 Å². The number of benzene rings is 1. The van der Waals surface area contributed by atoms with Crippen LogP contribution in [0, 0.1) is 0 Å². The second-order valence-corrected chi connectivity index (χ2v) is 3.18. The minimum Gasteiger partial charge on any atom is -0.319 e. The molecule has 0 unspecified atom stereocenters. The molecule has 1 amide bonds. The molecule has 15 heavy (non-hydrogen) atoms. The molecule has 5 nitrogen and oxygen atoms in total. The van der Waals surface area contributed by atoms with Crippen LogP contribution >= 0.6 is 0 Å². The van der Waals surface area contributed by atoms with Crippen molar-refractivity contribution >= 4 is 28.3 Å². The van der Waals surface area contributed by atoms with Crippen molar-refractivity contribution in [2.75, 3.05) is 5.32 Å². The lowest BCUT2D eigenvalue weighted by atomic mass is 10.2. The molecule has 0 saturated heterocycles. The molecule has 1 heterocycles. The molecular weight excluding hydrogens is 194 g/mol. The van der Waals surface area contributed by atoms with E-state index in [-0.39, 0.29) is 0 Å². The molecule has 0 radical (unpaired) electrons. The number of rotatable bonds is 2. The lowest BCUT2D eigenvalue weighted by Gasteiger charge is -2.01. The number of hydrogen-bond donors (Lipinski definition) is 2. The summed E-state index contributed by atoms with van der Waals surface area (Å²) >= 11 is 0. The molecule has 0 aliphatic rings. The summed E-state index contributed by atoms with van der Waals surface area (Å²) in [7, 11) is 0. The summed E-state index contributed by atoms with van der Waals surface area (Å²) in [6, 6.07) is 5.25. The number of aromatic nitrogens is 2. The molecule has 1 aromatic carbocycles. The van der Waals surface area contributed by atoms with Crippen molar-refractivity contribution in [3.63, 3.8) is 0 Å². The van der Waals surface area contributed by atoms with Crippen LogP contribution in [-0.2, 0) is 9.59 Å². The molecule has 0 bridgehead atoms. The number of carbonyl (C=O) groups is 2. The number of fused-ring (bicyclic) bond motifs is 1. The average molecular weight is 203 g/mol. The fourth-order valence-corrected chi connectivity index (χ4v) is 1.24. The SMILES string of the molecule is CC(=O)C(=O)Nc1ccc2[nH]ncc2c1. The highest BCUT2D eigenvalue weighted by Crippen LogP contribution is 2.16. The molecule has 0 spiro atoms. The van der Waals surface area contributed by atoms with E-state index in [1.807, 2.05) is 0 Å². The van der Waals surface area contributed by atoms with Gasteiger partial charge in [0.05, 0.1) is 11.7 Å². The highest BCUT2D eigenvalue weighted by Gasteiger charge is 2.07. The van der Waals surface area contributed by atoms with Crippen molar-refractivity contribution in [3.8, 4) is 0 Å². The lowest BCUT2D eigenvalue weighted by Crippen LogP contribution is -2.19. The minimum atomic E-state index is -0.613. The first-order valence-corrected chi connectivity index (χ1v) is 4.42. The largest absolute Gasteiger partial charge is 0.319 e. The van der Waals surface area contributed by atoms with Crippen molar-refractivity contribution in [2.24, 2.45) is 0 Å². The number of H-pyrrole nitrogens is 1. The van der Waals surface area contributed by atoms with Crippen molar-refractivity contribution < 1.29 is 9.59 Å². The summed E-state index contributed by atoms with van der Waals surface area (Å²) in [6.07, 6.45) is 1.65. The molecule has 2 N–H and O–H groups in total. The fraction of sp³-hybridized carbons (Fsp3) is 0.100. The van der Waals surface area contributed by atoms with Gasteiger partial charge in [-0.2, -0.15) is 5.10 Å². The molecule has 2 rings (SSSR count). The van der Waals surface area contributed by atoms with Gasteiger partial charge in [0.1, 0.15) is 0 Å². The Morgan fingerprint density at radius 1 is 1.40 bits per heavy atom. The lowest BCUT2D eigenvalue weighted by molar-refractivity contribution is -0.133. The molecule has 0 aliphatic carbocycles. The number of ketones is 1. The normalized spacial score (nSPS) is 10.2. The number of carbonyl (C=O) groups excluding carboxylic acids is 2. The van der Waals surface area contributed by atoms with Gasteiger partial charge in [-0.15, -0.1) is 0 Å². The van der Waals surface area contributed by atoms with E-state index in [0.29, 0.717) is 5.69 Å². The smallest absolute Gasteiger partial charge is 0.291 e. The van der Waals surface area contributed by atoms with E-state index in [2.05, 4.69) is 15.5 Å². The molecule has 1 aromatic heterocycles. The Morgan fingerprint density at radius 3 is 2.93 bits per heavy atom. The Morgan fingerprint density at radius 2 is 2.20 bits per heavy atom. The van der Waals surface area contributed by atoms with Gasteiger partial charge in [0.15, 0.2) is 0 Å². The Balaban J connectivity index is 2.28. The summed E-state index contributed by atoms with van der Waals surface area (Å²) in [5.74, 6) is -1.12. The zero-order valence-electron chi connectivity index (χ0n) is 8.07. The second kappa shape index (κ2) is 3.53. The number of anilines is 1. The first kappa shape index (κ1) is 9.39. The quantitative estimate of drug-likeness (QED) is 0.717. The van der Waals surface area contributed by atoms with Crippen molar-refractivity contribution in [1.29, 1.82) is 0 Å². The van der Waals surface area contributed by atoms with Crippen LogP contribution in [0.5, 0.6) is 0 Å². The number of nitrogens with one attached hydrogen (secondary N) is 2. The van der Waals surface area contributed by atoms with Gasteiger partial charge in [0.25, 0.3) is 5.91 Å². The van der Waals surface area contributed by atoms with Crippen LogP contribution in [0.4, 0.5) is 5.69 Å². The summed E-state index contributed by atoms with van der Waals surface area (Å²) in [6.45, 7) is 1.23. The van der Waals surface area contributed by atoms with Gasteiger partial charge in [0.2, 0.25) is 5.78 Å². The number of aromatic amines is 1. The van der Waals surface area contributed by atoms with E-state index in [4.69, 9.17) is 0 Å². The molecule has 0 atom stereocenters. The topological polar surface area (TPSA) is 74.8 Å². The van der Waals surface area contributed by atoms with Gasteiger partial charge in [-0.25, -0.2) is 0 Å². The highest BCUT2D eigenvalue weighted by atomic mass is 16.2. The maximum atomic E-state index is 11.1. The predicted molar refractivity (Wildman–Crippen MR) is 55.4 cm³/mol. The fourth-order valence-electron chi connectivity index (χ4n) is 1.24. The van der Waals surface area contributed by atoms with Gasteiger partial charge in [-0.3, -0.25) is 14.7 Å². The van der Waals surface area contributed by atoms with E-state index in [9.17, 15) is 9.59 Å². The number of nitrogens with zero attached hydrogens (tertiary/aromatic N) is 1. The van der Waals surface area contributed by atoms with Gasteiger partial charge < -0.3 is 5.32 Å². The van der Waals surface area contributed by atoms with Crippen LogP contribution in [-0.4, -0.2) is 21.9 Å². The average Bonchev–Trinajstić information content (AvgIpc) is 2.64. The first-order chi connectivity index (χ1) is 7.16. The van der Waals surface area contributed by atoms with Crippen LogP contribution in [0.3, 0.4) is 0 Å². The van der Waals surface area contributed by atoms with E-state index >= 15 is 0 Å². The van der Waals surface area contributed by atoms with Crippen LogP contribution < -0.4 is 5.32 Å². The maximum absolute atomic E-state index is 11.1. The first-order valence-electron chi connectivity index (χ1n) is 4.42. The maximum Gasteiger partial charge on any atom is 0.291 e. The Labute approximate surface area is 85.5 Å². The summed E-state index contributed by atoms with van der Waals surface area (Å²) in [5.41, 5.74) is 1.47. The minimum absolute atomic E-state index is 0.512. The van der Waals surface area contributed by atoms with Crippen LogP contribution in [0.2, 0.25) is 0 Å². The number of hydrogen-bond acceptors (Lipinski definition) is 3. The number of amides is 1. The molecule has 76 valence electrons. The van der Waals surface area contributed by atoms with E-state index < -0.39 is 11.7 Å². The molecule has 0 fully saturated rings. The van der Waals surface area contributed by atoms with E-state index in [0.717, 1.165) is 10.9 Å². The third-order valence-corrected chi connectivity index (χ3v) is 2.02. The predicted octanol–water partition coefficient (Wildman–Crippen LogP) is 1.09. The molecule has 0 aliphatic heterocycles. The third kappa shape index (κ3) is 1.85. The van der Waals surface area contributed by atoms with E-state index in [1.165, 1.54) is 6.92 Å². The summed E-state index contributed by atoms with van der Waals surface area (Å²) in [4.78, 5) is 21.8. The number of Topliss-reactive ketones (excluding diaryl/α,β-unsaturated/α-hetero) is 1. The van der Waals surface area contributed by atoms with E-state index in [1.54, 1.807) is 24.4 Å². The molecule has 5 heteroatoms. The molecular formula is C10H9N3O2. The molecule has 0 saturated carbocycles. The van der Waals surface area contributed by atoms with Crippen LogP contribution in [0.25, 0.3) is 10.9 Å². The van der Waals surface area contributed by atoms with Crippen molar-refractivity contribution in [1.82, 2.24) is 10.2 Å². The van der Waals surface area contributed by atoms with Crippen LogP contribution in [0.1, 0.15) is 6.92 Å². The molecule has 2 aromatic rings. The van der Waals surface area contributed by atoms with Gasteiger partial charge in [0, 0.05) is 18.0 Å². The summed E-state index contributed by atoms with van der Waals surface area (Å²) in [5, 5.41) is 10.0. The van der Waals surface area contributed by atoms with Crippen LogP contribution in [0.15, 0.2) is 24.4 Å². The Kier molecular flexibility index (Phi) is 2.21. The second-order valence-electron chi connectivity index (χ2n) is 3.18. The Bertz CT molecular complexity index is 530. The highest BCUT2D eigenvalue weighted by molar-refractivity contribution is 6.39. The van der Waals surface area contributed by atoms with Crippen molar-refractivity contribution in [2.45, 2.75) is 6.92 Å². The van der Waals surface area contributed by atoms with Gasteiger partial charge in [-0.05, 0) is 18.2 Å². The monoisotopic (exact) mass is 203 g/mol. The zero-order valence-corrected chi connectivity index (χ0v) is 8.07. The standard InChI is InChI=1S/C10H9N3O2/c1-6(14)10(15)12-8-2-3-9-7(4-8)5-11-13-9/h2-5H,1H3,(H,11,13)(H,12,15). The summed E-state index contributed by atoms with van der Waals surface area (Å²) < 4.78 is 0. The van der Waals surface area contributed by atoms with Gasteiger partial charge in [-0.1, -0.05) is 0 Å². The zero-order chi connectivity index (χ0) is 10.8. The van der Waals surface area contributed by atoms with Gasteiger partial charge >= 0.3 is 0 Å². The Hall–Kier alpha value is -2.17. The third-order valence-electron chi connectivity index (χ3n) is 2.02.